The average Bonchev–Trinajstić information content (AvgIpc) is 3.63. The number of anilines is 2. The summed E-state index contributed by atoms with van der Waals surface area (Å²) in [7, 11) is 1.51. The molecule has 10 nitrogen and oxygen atoms in total. The number of hydrogen-bond acceptors (Lipinski definition) is 9. The van der Waals surface area contributed by atoms with Gasteiger partial charge in [0, 0.05) is 35.6 Å². The molecule has 0 radical (unpaired) electrons. The molecule has 0 atom stereocenters. The minimum absolute atomic E-state index is 0.154. The van der Waals surface area contributed by atoms with Crippen LogP contribution in [-0.4, -0.2) is 70.1 Å². The van der Waals surface area contributed by atoms with E-state index < -0.39 is 18.6 Å². The van der Waals surface area contributed by atoms with Crippen LogP contribution in [-0.2, 0) is 18.0 Å². The number of aromatic nitrogens is 3. The third-order valence-electron chi connectivity index (χ3n) is 7.22. The molecular weight excluding hydrogens is 523 g/mol. The van der Waals surface area contributed by atoms with Gasteiger partial charge in [0.2, 0.25) is 0 Å². The molecule has 12 heteroatoms. The number of carboxylic acid groups (broad SMARTS) is 1. The molecule has 0 unspecified atom stereocenters. The average molecular weight is 555 g/mol. The fourth-order valence-electron chi connectivity index (χ4n) is 5.03. The Bertz CT molecular complexity index is 1320. The van der Waals surface area contributed by atoms with Crippen LogP contribution < -0.4 is 15.0 Å². The first-order valence-corrected chi connectivity index (χ1v) is 13.8. The zero-order valence-corrected chi connectivity index (χ0v) is 22.5. The quantitative estimate of drug-likeness (QED) is 0.400. The molecule has 1 amide bonds. The second-order valence-electron chi connectivity index (χ2n) is 9.75. The Morgan fingerprint density at radius 2 is 1.92 bits per heavy atom. The molecule has 0 spiro atoms. The number of alkyl halides is 1. The Morgan fingerprint density at radius 3 is 2.56 bits per heavy atom. The van der Waals surface area contributed by atoms with Crippen molar-refractivity contribution in [2.45, 2.75) is 38.9 Å². The van der Waals surface area contributed by atoms with Crippen LogP contribution in [0, 0.1) is 5.92 Å². The smallest absolute Gasteiger partial charge is 0.306 e. The Hall–Kier alpha value is -3.64. The summed E-state index contributed by atoms with van der Waals surface area (Å²) in [5.74, 6) is -0.427. The van der Waals surface area contributed by atoms with E-state index in [0.717, 1.165) is 36.4 Å². The highest BCUT2D eigenvalue weighted by Crippen LogP contribution is 2.35. The van der Waals surface area contributed by atoms with Crippen molar-refractivity contribution in [2.75, 3.05) is 43.5 Å². The maximum absolute atomic E-state index is 13.7. The van der Waals surface area contributed by atoms with Crippen molar-refractivity contribution in [1.29, 1.82) is 0 Å². The number of ether oxygens (including phenoxy) is 1. The number of carboxylic acids is 1. The van der Waals surface area contributed by atoms with Crippen LogP contribution in [0.5, 0.6) is 5.75 Å². The number of hydrogen-bond donors (Lipinski definition) is 2. The van der Waals surface area contributed by atoms with Crippen molar-refractivity contribution in [3.63, 3.8) is 0 Å². The molecule has 2 N–H and O–H groups in total. The number of benzene rings is 1. The topological polar surface area (TPSA) is 121 Å². The molecule has 2 fully saturated rings. The molecule has 5 rings (SSSR count). The molecule has 0 bridgehead atoms. The van der Waals surface area contributed by atoms with Crippen LogP contribution in [0.1, 0.15) is 46.6 Å². The Kier molecular flexibility index (Phi) is 8.32. The van der Waals surface area contributed by atoms with Gasteiger partial charge in [0.1, 0.15) is 23.9 Å². The van der Waals surface area contributed by atoms with E-state index in [1.54, 1.807) is 12.1 Å². The maximum Gasteiger partial charge on any atom is 0.306 e. The largest absolute Gasteiger partial charge is 0.496 e. The van der Waals surface area contributed by atoms with Gasteiger partial charge in [-0.3, -0.25) is 19.8 Å². The molecule has 3 aromatic rings. The first-order valence-electron chi connectivity index (χ1n) is 13.0. The molecule has 206 valence electrons. The number of rotatable bonds is 9. The van der Waals surface area contributed by atoms with Crippen LogP contribution in [0.4, 0.5) is 15.3 Å². The van der Waals surface area contributed by atoms with Crippen molar-refractivity contribution in [3.05, 3.63) is 46.7 Å². The predicted octanol–water partition coefficient (Wildman–Crippen LogP) is 4.23. The lowest BCUT2D eigenvalue weighted by Gasteiger charge is -2.30. The van der Waals surface area contributed by atoms with Gasteiger partial charge < -0.3 is 14.7 Å². The fraction of sp³-hybridized carbons (Fsp3) is 0.444. The molecule has 4 heterocycles. The molecular formula is C27H31FN6O4S. The number of amides is 1. The standard InChI is InChI=1S/C27H31FN6O4S/c1-38-21-5-4-18(12-19(21)13-28)24-22(16-33-8-2-3-9-33)39-27(31-24)32-25(35)20-14-30-23(15-29-20)34-10-6-17(7-11-34)26(36)37/h4-5,12,14-15,17H,2-3,6-11,13,16H2,1H3,(H,36,37)(H,31,32,35). The summed E-state index contributed by atoms with van der Waals surface area (Å²) in [5, 5.41) is 12.5. The molecule has 0 saturated carbocycles. The van der Waals surface area contributed by atoms with E-state index in [0.29, 0.717) is 60.4 Å². The van der Waals surface area contributed by atoms with E-state index in [-0.39, 0.29) is 11.6 Å². The van der Waals surface area contributed by atoms with Gasteiger partial charge in [0.15, 0.2) is 5.13 Å². The highest BCUT2D eigenvalue weighted by atomic mass is 32.1. The number of halogens is 1. The van der Waals surface area contributed by atoms with Crippen LogP contribution in [0.2, 0.25) is 0 Å². The van der Waals surface area contributed by atoms with Crippen LogP contribution in [0.15, 0.2) is 30.6 Å². The van der Waals surface area contributed by atoms with E-state index in [9.17, 15) is 19.1 Å². The summed E-state index contributed by atoms with van der Waals surface area (Å²) < 4.78 is 18.9. The van der Waals surface area contributed by atoms with E-state index in [1.165, 1.54) is 30.8 Å². The third-order valence-corrected chi connectivity index (χ3v) is 8.18. The second kappa shape index (κ2) is 12.0. The van der Waals surface area contributed by atoms with Crippen molar-refractivity contribution in [3.8, 4) is 17.0 Å². The molecule has 2 aliphatic rings. The van der Waals surface area contributed by atoms with Gasteiger partial charge >= 0.3 is 5.97 Å². The Labute approximate surface area is 229 Å². The number of carbonyl (C=O) groups is 2. The van der Waals surface area contributed by atoms with E-state index in [4.69, 9.17) is 9.72 Å². The van der Waals surface area contributed by atoms with Gasteiger partial charge in [0.05, 0.1) is 31.1 Å². The lowest BCUT2D eigenvalue weighted by atomic mass is 9.97. The molecule has 0 aliphatic carbocycles. The number of methoxy groups -OCH3 is 1. The first-order chi connectivity index (χ1) is 18.9. The number of likely N-dealkylation sites (tertiary alicyclic amines) is 1. The SMILES string of the molecule is COc1ccc(-c2nc(NC(=O)c3cnc(N4CCC(C(=O)O)CC4)cn3)sc2CN2CCCC2)cc1CF. The van der Waals surface area contributed by atoms with Gasteiger partial charge in [0.25, 0.3) is 5.91 Å². The third kappa shape index (κ3) is 6.17. The number of thiazole rings is 1. The molecule has 39 heavy (non-hydrogen) atoms. The summed E-state index contributed by atoms with van der Waals surface area (Å²) in [6.45, 7) is 3.22. The van der Waals surface area contributed by atoms with Crippen LogP contribution in [0.25, 0.3) is 11.3 Å². The van der Waals surface area contributed by atoms with Crippen LogP contribution in [0.3, 0.4) is 0 Å². The van der Waals surface area contributed by atoms with Gasteiger partial charge in [-0.15, -0.1) is 0 Å². The Morgan fingerprint density at radius 1 is 1.15 bits per heavy atom. The summed E-state index contributed by atoms with van der Waals surface area (Å²) in [5.41, 5.74) is 2.08. The summed E-state index contributed by atoms with van der Waals surface area (Å²) in [4.78, 5) is 42.9. The highest BCUT2D eigenvalue weighted by Gasteiger charge is 2.26. The maximum atomic E-state index is 13.7. The van der Waals surface area contributed by atoms with Crippen LogP contribution >= 0.6 is 11.3 Å². The fourth-order valence-corrected chi connectivity index (χ4v) is 6.05. The Balaban J connectivity index is 1.32. The lowest BCUT2D eigenvalue weighted by molar-refractivity contribution is -0.142. The minimum atomic E-state index is -0.767. The van der Waals surface area contributed by atoms with Crippen molar-refractivity contribution < 1.29 is 23.8 Å². The van der Waals surface area contributed by atoms with Gasteiger partial charge in [-0.05, 0) is 57.0 Å². The predicted molar refractivity (Wildman–Crippen MR) is 146 cm³/mol. The van der Waals surface area contributed by atoms with Gasteiger partial charge in [-0.2, -0.15) is 0 Å². The van der Waals surface area contributed by atoms with Crippen molar-refractivity contribution in [1.82, 2.24) is 19.9 Å². The molecule has 2 saturated heterocycles. The molecule has 2 aliphatic heterocycles. The number of nitrogens with one attached hydrogen (secondary N) is 1. The molecule has 1 aromatic carbocycles. The van der Waals surface area contributed by atoms with Crippen molar-refractivity contribution in [2.24, 2.45) is 5.92 Å². The zero-order chi connectivity index (χ0) is 27.4. The first kappa shape index (κ1) is 26.9. The number of aliphatic carboxylic acids is 1. The van der Waals surface area contributed by atoms with E-state index >= 15 is 0 Å². The number of piperidine rings is 1. The van der Waals surface area contributed by atoms with E-state index in [2.05, 4.69) is 20.2 Å². The lowest BCUT2D eigenvalue weighted by Crippen LogP contribution is -2.36. The summed E-state index contributed by atoms with van der Waals surface area (Å²) in [6.07, 6.45) is 6.36. The number of carbonyl (C=O) groups excluding carboxylic acids is 1. The van der Waals surface area contributed by atoms with Gasteiger partial charge in [-0.25, -0.2) is 19.3 Å². The van der Waals surface area contributed by atoms with E-state index in [1.807, 2.05) is 11.0 Å². The summed E-state index contributed by atoms with van der Waals surface area (Å²) >= 11 is 1.40. The number of nitrogens with zero attached hydrogens (tertiary/aromatic N) is 5. The monoisotopic (exact) mass is 554 g/mol. The zero-order valence-electron chi connectivity index (χ0n) is 21.7. The highest BCUT2D eigenvalue weighted by molar-refractivity contribution is 7.16. The van der Waals surface area contributed by atoms with Gasteiger partial charge in [-0.1, -0.05) is 11.3 Å². The minimum Gasteiger partial charge on any atom is -0.496 e. The normalized spacial score (nSPS) is 16.4. The summed E-state index contributed by atoms with van der Waals surface area (Å²) in [6, 6.07) is 5.34. The van der Waals surface area contributed by atoms with Crippen molar-refractivity contribution >= 4 is 34.2 Å². The molecule has 2 aromatic heterocycles. The second-order valence-corrected chi connectivity index (χ2v) is 10.8.